The fraction of sp³-hybridized carbons (Fsp3) is 0.444. The highest BCUT2D eigenvalue weighted by Crippen LogP contribution is 2.47. The van der Waals surface area contributed by atoms with E-state index in [0.717, 1.165) is 11.1 Å². The average molecular weight is 479 g/mol. The van der Waals surface area contributed by atoms with E-state index in [1.807, 2.05) is 60.4 Å². The highest BCUT2D eigenvalue weighted by molar-refractivity contribution is 5.93. The van der Waals surface area contributed by atoms with Gasteiger partial charge in [0.05, 0.1) is 30.9 Å². The largest absolute Gasteiger partial charge is 0.495 e. The van der Waals surface area contributed by atoms with E-state index in [1.54, 1.807) is 14.0 Å². The number of aryl methyl sites for hydroxylation is 1. The van der Waals surface area contributed by atoms with Crippen molar-refractivity contribution in [2.45, 2.75) is 38.8 Å². The van der Waals surface area contributed by atoms with E-state index in [-0.39, 0.29) is 36.2 Å². The number of carbonyl (C=O) groups excluding carboxylic acids is 3. The van der Waals surface area contributed by atoms with Crippen molar-refractivity contribution in [3.8, 4) is 5.75 Å². The number of anilines is 1. The van der Waals surface area contributed by atoms with Gasteiger partial charge >= 0.3 is 0 Å². The van der Waals surface area contributed by atoms with Gasteiger partial charge in [-0.2, -0.15) is 0 Å². The van der Waals surface area contributed by atoms with Crippen LogP contribution in [0.4, 0.5) is 5.69 Å². The van der Waals surface area contributed by atoms with Gasteiger partial charge in [-0.25, -0.2) is 0 Å². The molecule has 3 amide bonds. The minimum absolute atomic E-state index is 0.0196. The van der Waals surface area contributed by atoms with Crippen LogP contribution in [0.25, 0.3) is 0 Å². The summed E-state index contributed by atoms with van der Waals surface area (Å²) in [5, 5.41) is 6.18. The van der Waals surface area contributed by atoms with E-state index in [2.05, 4.69) is 15.5 Å². The molecule has 0 spiro atoms. The first-order valence-electron chi connectivity index (χ1n) is 12.0. The van der Waals surface area contributed by atoms with Gasteiger partial charge in [0.1, 0.15) is 5.75 Å². The Morgan fingerprint density at radius 1 is 1.11 bits per heavy atom. The zero-order chi connectivity index (χ0) is 25.2. The maximum absolute atomic E-state index is 13.0. The summed E-state index contributed by atoms with van der Waals surface area (Å²) in [6, 6.07) is 15.4. The SMILES string of the molecule is COc1ccc(C)cc1NC(=O)CN1CC[C@@]2(NC(C)=O)CN(C(C)=O)[C@H](c3ccccc3)[C@H]2C1. The Morgan fingerprint density at radius 2 is 1.86 bits per heavy atom. The molecule has 0 aliphatic carbocycles. The second-order valence-corrected chi connectivity index (χ2v) is 9.68. The van der Waals surface area contributed by atoms with Crippen LogP contribution in [-0.4, -0.2) is 66.3 Å². The van der Waals surface area contributed by atoms with Crippen molar-refractivity contribution in [2.75, 3.05) is 38.6 Å². The lowest BCUT2D eigenvalue weighted by Gasteiger charge is -2.44. The van der Waals surface area contributed by atoms with Crippen LogP contribution in [0.2, 0.25) is 0 Å². The zero-order valence-corrected chi connectivity index (χ0v) is 20.8. The minimum Gasteiger partial charge on any atom is -0.495 e. The van der Waals surface area contributed by atoms with Crippen molar-refractivity contribution < 1.29 is 19.1 Å². The first-order valence-corrected chi connectivity index (χ1v) is 12.0. The summed E-state index contributed by atoms with van der Waals surface area (Å²) in [6.45, 7) is 6.97. The molecule has 2 aliphatic rings. The third kappa shape index (κ3) is 5.17. The van der Waals surface area contributed by atoms with E-state index in [1.165, 1.54) is 6.92 Å². The molecule has 0 bridgehead atoms. The van der Waals surface area contributed by atoms with Crippen molar-refractivity contribution in [1.82, 2.24) is 15.1 Å². The maximum Gasteiger partial charge on any atom is 0.238 e. The van der Waals surface area contributed by atoms with Gasteiger partial charge in [-0.05, 0) is 36.6 Å². The Bertz CT molecular complexity index is 1110. The third-order valence-corrected chi connectivity index (χ3v) is 7.18. The summed E-state index contributed by atoms with van der Waals surface area (Å²) in [7, 11) is 1.58. The van der Waals surface area contributed by atoms with Crippen LogP contribution in [0.5, 0.6) is 5.75 Å². The summed E-state index contributed by atoms with van der Waals surface area (Å²) in [5.74, 6) is 0.314. The van der Waals surface area contributed by atoms with E-state index >= 15 is 0 Å². The highest BCUT2D eigenvalue weighted by Gasteiger charge is 2.56. The summed E-state index contributed by atoms with van der Waals surface area (Å²) < 4.78 is 5.39. The predicted molar refractivity (Wildman–Crippen MR) is 134 cm³/mol. The Balaban J connectivity index is 1.57. The van der Waals surface area contributed by atoms with E-state index < -0.39 is 5.54 Å². The van der Waals surface area contributed by atoms with Crippen LogP contribution in [0.15, 0.2) is 48.5 Å². The van der Waals surface area contributed by atoms with Crippen LogP contribution in [0, 0.1) is 12.8 Å². The number of nitrogens with zero attached hydrogens (tertiary/aromatic N) is 2. The molecule has 8 nitrogen and oxygen atoms in total. The van der Waals surface area contributed by atoms with E-state index in [9.17, 15) is 14.4 Å². The number of benzene rings is 2. The second-order valence-electron chi connectivity index (χ2n) is 9.68. The maximum atomic E-state index is 13.0. The van der Waals surface area contributed by atoms with Crippen LogP contribution < -0.4 is 15.4 Å². The fourth-order valence-electron chi connectivity index (χ4n) is 5.68. The summed E-state index contributed by atoms with van der Waals surface area (Å²) in [4.78, 5) is 41.9. The van der Waals surface area contributed by atoms with Crippen molar-refractivity contribution in [1.29, 1.82) is 0 Å². The van der Waals surface area contributed by atoms with Crippen molar-refractivity contribution in [3.05, 3.63) is 59.7 Å². The summed E-state index contributed by atoms with van der Waals surface area (Å²) in [5.41, 5.74) is 2.19. The molecule has 2 aliphatic heterocycles. The van der Waals surface area contributed by atoms with Gasteiger partial charge in [-0.15, -0.1) is 0 Å². The van der Waals surface area contributed by atoms with Gasteiger partial charge in [-0.1, -0.05) is 36.4 Å². The molecule has 8 heteroatoms. The van der Waals surface area contributed by atoms with Crippen LogP contribution in [-0.2, 0) is 14.4 Å². The standard InChI is InChI=1S/C27H34N4O4/c1-18-10-11-24(35-4)23(14-18)28-25(34)16-30-13-12-27(29-19(2)32)17-31(20(3)33)26(22(27)15-30)21-8-6-5-7-9-21/h5-11,14,22,26H,12-13,15-17H2,1-4H3,(H,28,34)(H,29,32)/t22-,26-,27-/m1/s1. The molecule has 35 heavy (non-hydrogen) atoms. The van der Waals surface area contributed by atoms with Crippen LogP contribution in [0.1, 0.15) is 37.4 Å². The lowest BCUT2D eigenvalue weighted by atomic mass is 9.75. The fourth-order valence-corrected chi connectivity index (χ4v) is 5.68. The first-order chi connectivity index (χ1) is 16.7. The Kier molecular flexibility index (Phi) is 7.12. The number of likely N-dealkylation sites (tertiary alicyclic amines) is 2. The van der Waals surface area contributed by atoms with Gasteiger partial charge in [0, 0.05) is 39.4 Å². The summed E-state index contributed by atoms with van der Waals surface area (Å²) >= 11 is 0. The molecule has 4 rings (SSSR count). The smallest absolute Gasteiger partial charge is 0.238 e. The summed E-state index contributed by atoms with van der Waals surface area (Å²) in [6.07, 6.45) is 0.658. The number of carbonyl (C=O) groups is 3. The number of nitrogens with one attached hydrogen (secondary N) is 2. The quantitative estimate of drug-likeness (QED) is 0.666. The minimum atomic E-state index is -0.523. The molecule has 0 saturated carbocycles. The normalized spacial score (nSPS) is 23.9. The molecule has 3 atom stereocenters. The number of ether oxygens (including phenoxy) is 1. The van der Waals surface area contributed by atoms with Crippen LogP contribution in [0.3, 0.4) is 0 Å². The second kappa shape index (κ2) is 10.1. The monoisotopic (exact) mass is 478 g/mol. The molecule has 2 saturated heterocycles. The van der Waals surface area contributed by atoms with Crippen molar-refractivity contribution in [3.63, 3.8) is 0 Å². The van der Waals surface area contributed by atoms with Gasteiger partial charge in [0.25, 0.3) is 0 Å². The lowest BCUT2D eigenvalue weighted by Crippen LogP contribution is -2.61. The van der Waals surface area contributed by atoms with Gasteiger partial charge in [-0.3, -0.25) is 19.3 Å². The predicted octanol–water partition coefficient (Wildman–Crippen LogP) is 2.74. The molecule has 2 aromatic carbocycles. The first kappa shape index (κ1) is 24.7. The van der Waals surface area contributed by atoms with Crippen molar-refractivity contribution >= 4 is 23.4 Å². The lowest BCUT2D eigenvalue weighted by molar-refractivity contribution is -0.130. The number of hydrogen-bond acceptors (Lipinski definition) is 5. The molecule has 2 aromatic rings. The van der Waals surface area contributed by atoms with E-state index in [0.29, 0.717) is 37.5 Å². The molecule has 186 valence electrons. The van der Waals surface area contributed by atoms with Gasteiger partial charge < -0.3 is 20.3 Å². The number of methoxy groups -OCH3 is 1. The Labute approximate surface area is 206 Å². The van der Waals surface area contributed by atoms with Gasteiger partial charge in [0.15, 0.2) is 0 Å². The average Bonchev–Trinajstić information content (AvgIpc) is 3.14. The topological polar surface area (TPSA) is 91.0 Å². The van der Waals surface area contributed by atoms with E-state index in [4.69, 9.17) is 4.74 Å². The highest BCUT2D eigenvalue weighted by atomic mass is 16.5. The molecular weight excluding hydrogens is 444 g/mol. The molecule has 0 aromatic heterocycles. The Hall–Kier alpha value is -3.39. The number of piperidine rings is 1. The van der Waals surface area contributed by atoms with Crippen LogP contribution >= 0.6 is 0 Å². The molecule has 2 N–H and O–H groups in total. The molecule has 0 radical (unpaired) electrons. The van der Waals surface area contributed by atoms with Gasteiger partial charge in [0.2, 0.25) is 17.7 Å². The molecule has 2 fully saturated rings. The van der Waals surface area contributed by atoms with Crippen molar-refractivity contribution in [2.24, 2.45) is 5.92 Å². The number of rotatable bonds is 6. The zero-order valence-electron chi connectivity index (χ0n) is 20.8. The Morgan fingerprint density at radius 3 is 2.51 bits per heavy atom. The number of amides is 3. The molecular formula is C27H34N4O4. The number of hydrogen-bond donors (Lipinski definition) is 2. The third-order valence-electron chi connectivity index (χ3n) is 7.18. The molecule has 2 heterocycles. The number of fused-ring (bicyclic) bond motifs is 1. The molecule has 0 unspecified atom stereocenters.